The van der Waals surface area contributed by atoms with Crippen molar-refractivity contribution >= 4 is 11.8 Å². The molecule has 1 N–H and O–H groups in total. The van der Waals surface area contributed by atoms with Crippen molar-refractivity contribution in [2.75, 3.05) is 20.2 Å². The number of rotatable bonds is 5. The second-order valence-electron chi connectivity index (χ2n) is 8.07. The molecule has 8 heteroatoms. The van der Waals surface area contributed by atoms with Crippen LogP contribution in [0.1, 0.15) is 44.8 Å². The van der Waals surface area contributed by atoms with Crippen molar-refractivity contribution in [2.24, 2.45) is 0 Å². The van der Waals surface area contributed by atoms with E-state index in [-0.39, 0.29) is 17.9 Å². The zero-order chi connectivity index (χ0) is 23.4. The highest BCUT2D eigenvalue weighted by Crippen LogP contribution is 2.25. The van der Waals surface area contributed by atoms with Crippen LogP contribution in [0.3, 0.4) is 0 Å². The molecule has 2 heterocycles. The third-order valence-corrected chi connectivity index (χ3v) is 5.71. The van der Waals surface area contributed by atoms with Gasteiger partial charge in [-0.3, -0.25) is 9.59 Å². The summed E-state index contributed by atoms with van der Waals surface area (Å²) in [5, 5.41) is 12.1. The number of aryl methyl sites for hydroxylation is 1. The predicted molar refractivity (Wildman–Crippen MR) is 122 cm³/mol. The molecule has 2 aromatic carbocycles. The monoisotopic (exact) mass is 443 g/mol. The predicted octanol–water partition coefficient (Wildman–Crippen LogP) is 3.10. The average Bonchev–Trinajstić information content (AvgIpc) is 3.29. The number of nitriles is 1. The maximum atomic E-state index is 12.9. The highest BCUT2D eigenvalue weighted by atomic mass is 16.5. The molecule has 1 aliphatic rings. The van der Waals surface area contributed by atoms with Crippen LogP contribution in [0.5, 0.6) is 5.75 Å². The molecule has 33 heavy (non-hydrogen) atoms. The van der Waals surface area contributed by atoms with Gasteiger partial charge in [0.1, 0.15) is 5.75 Å². The van der Waals surface area contributed by atoms with E-state index in [9.17, 15) is 9.59 Å². The molecule has 0 spiro atoms. The average molecular weight is 444 g/mol. The van der Waals surface area contributed by atoms with Crippen LogP contribution in [0.15, 0.2) is 55.0 Å². The lowest BCUT2D eigenvalue weighted by Crippen LogP contribution is -2.49. The fourth-order valence-corrected chi connectivity index (χ4v) is 4.04. The number of carbonyl (C=O) groups excluding carboxylic acids is 2. The molecule has 1 saturated heterocycles. The molecule has 3 aromatic rings. The van der Waals surface area contributed by atoms with Gasteiger partial charge in [0.05, 0.1) is 36.5 Å². The second kappa shape index (κ2) is 9.57. The fraction of sp³-hybridized carbons (Fsp3) is 0.280. The van der Waals surface area contributed by atoms with Crippen LogP contribution in [0.2, 0.25) is 0 Å². The van der Waals surface area contributed by atoms with Crippen LogP contribution in [0.4, 0.5) is 0 Å². The van der Waals surface area contributed by atoms with Gasteiger partial charge in [-0.2, -0.15) is 5.26 Å². The van der Waals surface area contributed by atoms with Gasteiger partial charge in [0, 0.05) is 36.5 Å². The Labute approximate surface area is 192 Å². The van der Waals surface area contributed by atoms with Gasteiger partial charge in [-0.05, 0) is 56.2 Å². The van der Waals surface area contributed by atoms with Crippen LogP contribution in [0, 0.1) is 18.3 Å². The number of hydrogen-bond donors (Lipinski definition) is 1. The maximum absolute atomic E-state index is 12.9. The van der Waals surface area contributed by atoms with E-state index in [1.54, 1.807) is 54.7 Å². The van der Waals surface area contributed by atoms with E-state index in [0.717, 1.165) is 24.2 Å². The molecular formula is C25H25N5O3. The molecule has 1 unspecified atom stereocenters. The summed E-state index contributed by atoms with van der Waals surface area (Å²) < 4.78 is 7.35. The molecule has 1 aromatic heterocycles. The van der Waals surface area contributed by atoms with E-state index in [2.05, 4.69) is 16.4 Å². The molecule has 168 valence electrons. The summed E-state index contributed by atoms with van der Waals surface area (Å²) in [4.78, 5) is 31.8. The van der Waals surface area contributed by atoms with Crippen molar-refractivity contribution < 1.29 is 14.3 Å². The van der Waals surface area contributed by atoms with Crippen LogP contribution in [-0.2, 0) is 0 Å². The molecule has 0 aliphatic carbocycles. The van der Waals surface area contributed by atoms with E-state index >= 15 is 0 Å². The number of methoxy groups -OCH3 is 1. The topological polar surface area (TPSA) is 100 Å². The van der Waals surface area contributed by atoms with Crippen LogP contribution < -0.4 is 10.1 Å². The Kier molecular flexibility index (Phi) is 6.41. The molecular weight excluding hydrogens is 418 g/mol. The van der Waals surface area contributed by atoms with Crippen molar-refractivity contribution in [1.29, 1.82) is 5.26 Å². The number of benzene rings is 2. The first-order valence-electron chi connectivity index (χ1n) is 10.8. The Morgan fingerprint density at radius 2 is 2.06 bits per heavy atom. The van der Waals surface area contributed by atoms with Gasteiger partial charge in [-0.1, -0.05) is 6.07 Å². The normalized spacial score (nSPS) is 15.5. The summed E-state index contributed by atoms with van der Waals surface area (Å²) in [5.74, 6) is 0.220. The van der Waals surface area contributed by atoms with Gasteiger partial charge in [0.25, 0.3) is 11.8 Å². The molecule has 0 bridgehead atoms. The quantitative estimate of drug-likeness (QED) is 0.653. The molecule has 1 fully saturated rings. The maximum Gasteiger partial charge on any atom is 0.253 e. The van der Waals surface area contributed by atoms with Gasteiger partial charge in [0.15, 0.2) is 0 Å². The zero-order valence-corrected chi connectivity index (χ0v) is 18.6. The zero-order valence-electron chi connectivity index (χ0n) is 18.6. The third kappa shape index (κ3) is 4.88. The van der Waals surface area contributed by atoms with Gasteiger partial charge in [-0.15, -0.1) is 0 Å². The lowest BCUT2D eigenvalue weighted by Gasteiger charge is -2.33. The Morgan fingerprint density at radius 3 is 2.79 bits per heavy atom. The number of likely N-dealkylation sites (tertiary alicyclic amines) is 1. The van der Waals surface area contributed by atoms with Crippen molar-refractivity contribution in [3.8, 4) is 17.5 Å². The number of imidazole rings is 1. The minimum absolute atomic E-state index is 0.132. The number of hydrogen-bond acceptors (Lipinski definition) is 5. The molecule has 8 nitrogen and oxygen atoms in total. The van der Waals surface area contributed by atoms with Crippen LogP contribution in [-0.4, -0.2) is 52.5 Å². The first kappa shape index (κ1) is 22.1. The first-order chi connectivity index (χ1) is 16.0. The Hall–Kier alpha value is -4.12. The SMILES string of the molecule is COc1cc(C(=O)NC2CCCN(C(=O)c3cccc(C#N)c3)C2)ccc1-n1cnc(C)c1. The van der Waals surface area contributed by atoms with Crippen molar-refractivity contribution in [3.05, 3.63) is 77.4 Å². The number of ether oxygens (including phenoxy) is 1. The first-order valence-corrected chi connectivity index (χ1v) is 10.8. The van der Waals surface area contributed by atoms with Gasteiger partial charge in [0.2, 0.25) is 0 Å². The summed E-state index contributed by atoms with van der Waals surface area (Å²) in [7, 11) is 1.57. The van der Waals surface area contributed by atoms with E-state index in [0.29, 0.717) is 35.5 Å². The molecule has 1 atom stereocenters. The number of nitrogens with one attached hydrogen (secondary N) is 1. The summed E-state index contributed by atoms with van der Waals surface area (Å²) in [5.41, 5.74) is 3.10. The summed E-state index contributed by atoms with van der Waals surface area (Å²) >= 11 is 0. The fourth-order valence-electron chi connectivity index (χ4n) is 4.04. The lowest BCUT2D eigenvalue weighted by molar-refractivity contribution is 0.0676. The van der Waals surface area contributed by atoms with Crippen LogP contribution in [0.25, 0.3) is 5.69 Å². The van der Waals surface area contributed by atoms with E-state index in [1.807, 2.05) is 23.8 Å². The number of carbonyl (C=O) groups is 2. The lowest BCUT2D eigenvalue weighted by atomic mass is 10.0. The second-order valence-corrected chi connectivity index (χ2v) is 8.07. The minimum Gasteiger partial charge on any atom is -0.495 e. The largest absolute Gasteiger partial charge is 0.495 e. The smallest absolute Gasteiger partial charge is 0.253 e. The molecule has 0 saturated carbocycles. The van der Waals surface area contributed by atoms with Crippen molar-refractivity contribution in [2.45, 2.75) is 25.8 Å². The summed E-state index contributed by atoms with van der Waals surface area (Å²) in [6, 6.07) is 13.9. The van der Waals surface area contributed by atoms with Crippen LogP contribution >= 0.6 is 0 Å². The van der Waals surface area contributed by atoms with E-state index in [4.69, 9.17) is 10.00 Å². The summed E-state index contributed by atoms with van der Waals surface area (Å²) in [6.07, 6.45) is 5.17. The highest BCUT2D eigenvalue weighted by Gasteiger charge is 2.26. The van der Waals surface area contributed by atoms with Gasteiger partial charge in [-0.25, -0.2) is 4.98 Å². The molecule has 2 amide bonds. The molecule has 1 aliphatic heterocycles. The van der Waals surface area contributed by atoms with Crippen molar-refractivity contribution in [3.63, 3.8) is 0 Å². The van der Waals surface area contributed by atoms with E-state index < -0.39 is 0 Å². The standard InChI is InChI=1S/C25H25N5O3/c1-17-14-30(16-27-17)22-9-8-19(12-23(22)33-2)24(31)28-21-7-4-10-29(15-21)25(32)20-6-3-5-18(11-20)13-26/h3,5-6,8-9,11-12,14,16,21H,4,7,10,15H2,1-2H3,(H,28,31). The number of nitrogens with zero attached hydrogens (tertiary/aromatic N) is 4. The highest BCUT2D eigenvalue weighted by molar-refractivity contribution is 5.96. The Balaban J connectivity index is 1.45. The van der Waals surface area contributed by atoms with Gasteiger partial charge < -0.3 is 19.5 Å². The molecule has 4 rings (SSSR count). The number of aromatic nitrogens is 2. The van der Waals surface area contributed by atoms with Gasteiger partial charge >= 0.3 is 0 Å². The van der Waals surface area contributed by atoms with E-state index in [1.165, 1.54) is 0 Å². The Morgan fingerprint density at radius 1 is 1.21 bits per heavy atom. The van der Waals surface area contributed by atoms with Crippen molar-refractivity contribution in [1.82, 2.24) is 19.8 Å². The number of amides is 2. The minimum atomic E-state index is -0.215. The Bertz CT molecular complexity index is 1230. The molecule has 0 radical (unpaired) electrons. The third-order valence-electron chi connectivity index (χ3n) is 5.71. The summed E-state index contributed by atoms with van der Waals surface area (Å²) in [6.45, 7) is 2.95. The number of piperidine rings is 1.